The van der Waals surface area contributed by atoms with E-state index in [4.69, 9.17) is 9.97 Å². The zero-order valence-electron chi connectivity index (χ0n) is 25.7. The lowest BCUT2D eigenvalue weighted by atomic mass is 9.96. The Morgan fingerprint density at radius 2 is 1.23 bits per heavy atom. The maximum atomic E-state index is 10.8. The number of fused-ring (bicyclic) bond motifs is 1. The van der Waals surface area contributed by atoms with Gasteiger partial charge in [-0.3, -0.25) is 9.55 Å². The molecule has 0 aliphatic heterocycles. The van der Waals surface area contributed by atoms with Crippen LogP contribution in [0.25, 0.3) is 72.9 Å². The van der Waals surface area contributed by atoms with Crippen molar-refractivity contribution in [2.75, 3.05) is 0 Å². The van der Waals surface area contributed by atoms with Crippen LogP contribution in [-0.4, -0.2) is 24.6 Å². The van der Waals surface area contributed by atoms with Crippen molar-refractivity contribution in [1.29, 1.82) is 0 Å². The smallest absolute Gasteiger partial charge is 0.168 e. The van der Waals surface area contributed by atoms with E-state index in [1.165, 1.54) is 11.1 Å². The van der Waals surface area contributed by atoms with E-state index in [0.29, 0.717) is 11.5 Å². The van der Waals surface area contributed by atoms with Crippen LogP contribution in [0.1, 0.15) is 5.56 Å². The highest BCUT2D eigenvalue weighted by Gasteiger charge is 2.20. The molecule has 0 aliphatic rings. The summed E-state index contributed by atoms with van der Waals surface area (Å²) in [5.41, 5.74) is 12.9. The SMILES string of the molecule is Cc1cnc(-c2cccc(-c3cccc4c3nc(-c3ncccc3O)n4-c3ccccc3)c2)cc1-c1ccc(-c2ccccc2)cc1. The maximum Gasteiger partial charge on any atom is 0.168 e. The fraction of sp³-hybridized carbons (Fsp3) is 0.0238. The predicted octanol–water partition coefficient (Wildman–Crippen LogP) is 10.2. The van der Waals surface area contributed by atoms with Crippen LogP contribution in [0.4, 0.5) is 0 Å². The van der Waals surface area contributed by atoms with Crippen molar-refractivity contribution >= 4 is 11.0 Å². The fourth-order valence-electron chi connectivity index (χ4n) is 6.21. The van der Waals surface area contributed by atoms with Crippen LogP contribution in [0, 0.1) is 6.92 Å². The molecule has 3 aromatic heterocycles. The Morgan fingerprint density at radius 3 is 2.02 bits per heavy atom. The molecule has 3 heterocycles. The largest absolute Gasteiger partial charge is 0.506 e. The second-order valence-electron chi connectivity index (χ2n) is 11.6. The van der Waals surface area contributed by atoms with Gasteiger partial charge in [-0.05, 0) is 82.8 Å². The van der Waals surface area contributed by atoms with E-state index in [9.17, 15) is 5.11 Å². The summed E-state index contributed by atoms with van der Waals surface area (Å²) < 4.78 is 2.06. The van der Waals surface area contributed by atoms with Gasteiger partial charge >= 0.3 is 0 Å². The number of benzene rings is 5. The Kier molecular flexibility index (Phi) is 7.12. The van der Waals surface area contributed by atoms with Gasteiger partial charge in [0.25, 0.3) is 0 Å². The van der Waals surface area contributed by atoms with E-state index in [0.717, 1.165) is 55.8 Å². The minimum Gasteiger partial charge on any atom is -0.506 e. The van der Waals surface area contributed by atoms with Crippen LogP contribution in [-0.2, 0) is 0 Å². The van der Waals surface area contributed by atoms with Gasteiger partial charge in [0.15, 0.2) is 5.82 Å². The van der Waals surface area contributed by atoms with Gasteiger partial charge in [-0.15, -0.1) is 0 Å². The summed E-state index contributed by atoms with van der Waals surface area (Å²) in [6, 6.07) is 49.4. The third-order valence-corrected chi connectivity index (χ3v) is 8.57. The lowest BCUT2D eigenvalue weighted by Crippen LogP contribution is -1.98. The number of imidazole rings is 1. The molecule has 8 aromatic rings. The normalized spacial score (nSPS) is 11.2. The van der Waals surface area contributed by atoms with Gasteiger partial charge in [-0.25, -0.2) is 9.97 Å². The molecule has 0 aliphatic carbocycles. The molecule has 0 saturated carbocycles. The number of nitrogens with zero attached hydrogens (tertiary/aromatic N) is 4. The number of rotatable bonds is 6. The summed E-state index contributed by atoms with van der Waals surface area (Å²) >= 11 is 0. The molecule has 5 nitrogen and oxygen atoms in total. The first kappa shape index (κ1) is 28.2. The van der Waals surface area contributed by atoms with Crippen molar-refractivity contribution in [3.05, 3.63) is 164 Å². The third kappa shape index (κ3) is 5.24. The Bertz CT molecular complexity index is 2360. The van der Waals surface area contributed by atoms with Crippen molar-refractivity contribution in [3.8, 4) is 67.6 Å². The van der Waals surface area contributed by atoms with E-state index in [-0.39, 0.29) is 5.75 Å². The van der Waals surface area contributed by atoms with Crippen molar-refractivity contribution < 1.29 is 5.11 Å². The number of hydrogen-bond donors (Lipinski definition) is 1. The van der Waals surface area contributed by atoms with E-state index in [2.05, 4.69) is 114 Å². The highest BCUT2D eigenvalue weighted by molar-refractivity contribution is 5.96. The van der Waals surface area contributed by atoms with Crippen molar-refractivity contribution in [3.63, 3.8) is 0 Å². The van der Waals surface area contributed by atoms with Crippen LogP contribution < -0.4 is 0 Å². The minimum atomic E-state index is 0.0829. The third-order valence-electron chi connectivity index (χ3n) is 8.57. The summed E-state index contributed by atoms with van der Waals surface area (Å²) in [4.78, 5) is 14.5. The molecule has 5 heteroatoms. The van der Waals surface area contributed by atoms with Gasteiger partial charge in [0.1, 0.15) is 11.4 Å². The molecule has 0 fully saturated rings. The van der Waals surface area contributed by atoms with Crippen LogP contribution in [0.2, 0.25) is 0 Å². The molecule has 5 aromatic carbocycles. The molecule has 0 amide bonds. The molecule has 0 bridgehead atoms. The topological polar surface area (TPSA) is 63.8 Å². The van der Waals surface area contributed by atoms with E-state index < -0.39 is 0 Å². The molecule has 0 saturated heterocycles. The lowest BCUT2D eigenvalue weighted by Gasteiger charge is -2.11. The molecule has 47 heavy (non-hydrogen) atoms. The van der Waals surface area contributed by atoms with Crippen LogP contribution >= 0.6 is 0 Å². The van der Waals surface area contributed by atoms with Crippen molar-refractivity contribution in [1.82, 2.24) is 19.5 Å². The summed E-state index contributed by atoms with van der Waals surface area (Å²) in [5.74, 6) is 0.663. The Morgan fingerprint density at radius 1 is 0.553 bits per heavy atom. The number of hydrogen-bond acceptors (Lipinski definition) is 4. The molecular formula is C42H30N4O. The monoisotopic (exact) mass is 606 g/mol. The predicted molar refractivity (Wildman–Crippen MR) is 190 cm³/mol. The van der Waals surface area contributed by atoms with Crippen LogP contribution in [0.3, 0.4) is 0 Å². The molecule has 0 radical (unpaired) electrons. The number of para-hydroxylation sites is 2. The molecule has 8 rings (SSSR count). The van der Waals surface area contributed by atoms with Gasteiger partial charge in [0.2, 0.25) is 0 Å². The highest BCUT2D eigenvalue weighted by Crippen LogP contribution is 2.37. The first-order valence-electron chi connectivity index (χ1n) is 15.6. The standard InChI is InChI=1S/C42H30N4O/c1-28-27-44-37(26-36(28)31-22-20-30(21-23-31)29-11-4-2-5-12-29)33-14-8-13-32(25-33)35-17-9-18-38-40(35)45-42(41-39(47)19-10-24-43-41)46(38)34-15-6-3-7-16-34/h2-27,47H,1H3. The molecular weight excluding hydrogens is 576 g/mol. The number of aromatic nitrogens is 4. The molecule has 0 unspecified atom stereocenters. The first-order chi connectivity index (χ1) is 23.1. The summed E-state index contributed by atoms with van der Waals surface area (Å²) in [7, 11) is 0. The Balaban J connectivity index is 1.22. The second-order valence-corrected chi connectivity index (χ2v) is 11.6. The Labute approximate surface area is 273 Å². The van der Waals surface area contributed by atoms with Gasteiger partial charge in [-0.2, -0.15) is 0 Å². The van der Waals surface area contributed by atoms with Crippen LogP contribution in [0.15, 0.2) is 158 Å². The molecule has 1 N–H and O–H groups in total. The summed E-state index contributed by atoms with van der Waals surface area (Å²) in [5, 5.41) is 10.8. The van der Waals surface area contributed by atoms with E-state index in [1.54, 1.807) is 18.3 Å². The Hall–Kier alpha value is -6.33. The van der Waals surface area contributed by atoms with Crippen LogP contribution in [0.5, 0.6) is 5.75 Å². The van der Waals surface area contributed by atoms with Crippen molar-refractivity contribution in [2.24, 2.45) is 0 Å². The average Bonchev–Trinajstić information content (AvgIpc) is 3.52. The van der Waals surface area contributed by atoms with Crippen molar-refractivity contribution in [2.45, 2.75) is 6.92 Å². The number of pyridine rings is 2. The second kappa shape index (κ2) is 11.9. The highest BCUT2D eigenvalue weighted by atomic mass is 16.3. The number of aromatic hydroxyl groups is 1. The zero-order chi connectivity index (χ0) is 31.7. The first-order valence-corrected chi connectivity index (χ1v) is 15.6. The fourth-order valence-corrected chi connectivity index (χ4v) is 6.21. The summed E-state index contributed by atoms with van der Waals surface area (Å²) in [6.45, 7) is 2.11. The quantitative estimate of drug-likeness (QED) is 0.205. The average molecular weight is 607 g/mol. The van der Waals surface area contributed by atoms with E-state index in [1.807, 2.05) is 42.6 Å². The molecule has 224 valence electrons. The molecule has 0 spiro atoms. The van der Waals surface area contributed by atoms with Gasteiger partial charge in [-0.1, -0.05) is 103 Å². The van der Waals surface area contributed by atoms with Gasteiger partial charge < -0.3 is 5.11 Å². The number of aryl methyl sites for hydroxylation is 1. The van der Waals surface area contributed by atoms with E-state index >= 15 is 0 Å². The van der Waals surface area contributed by atoms with Gasteiger partial charge in [0, 0.05) is 29.2 Å². The summed E-state index contributed by atoms with van der Waals surface area (Å²) in [6.07, 6.45) is 3.63. The lowest BCUT2D eigenvalue weighted by molar-refractivity contribution is 0.474. The molecule has 0 atom stereocenters. The minimum absolute atomic E-state index is 0.0829. The van der Waals surface area contributed by atoms with Gasteiger partial charge in [0.05, 0.1) is 16.7 Å². The zero-order valence-corrected chi connectivity index (χ0v) is 25.7. The maximum absolute atomic E-state index is 10.8.